The fourth-order valence-electron chi connectivity index (χ4n) is 2.04. The Kier molecular flexibility index (Phi) is 3.81. The predicted molar refractivity (Wildman–Crippen MR) is 66.0 cm³/mol. The third-order valence-corrected chi connectivity index (χ3v) is 2.89. The van der Waals surface area contributed by atoms with Crippen molar-refractivity contribution in [3.63, 3.8) is 0 Å². The highest BCUT2D eigenvalue weighted by Crippen LogP contribution is 2.12. The molecule has 2 N–H and O–H groups in total. The van der Waals surface area contributed by atoms with Gasteiger partial charge in [0.25, 0.3) is 0 Å². The molecule has 0 bridgehead atoms. The maximum Gasteiger partial charge on any atom is 0.228 e. The van der Waals surface area contributed by atoms with Crippen LogP contribution in [0.25, 0.3) is 0 Å². The molecular weight excluding hydrogens is 218 g/mol. The molecule has 1 atom stereocenters. The molecule has 1 aliphatic rings. The van der Waals surface area contributed by atoms with E-state index in [9.17, 15) is 4.79 Å². The minimum Gasteiger partial charge on any atom is -0.446 e. The van der Waals surface area contributed by atoms with Gasteiger partial charge in [-0.15, -0.1) is 0 Å². The van der Waals surface area contributed by atoms with Crippen molar-refractivity contribution in [1.29, 1.82) is 0 Å². The summed E-state index contributed by atoms with van der Waals surface area (Å²) < 4.78 is 5.30. The Morgan fingerprint density at radius 1 is 1.65 bits per heavy atom. The first kappa shape index (κ1) is 12.1. The molecule has 5 nitrogen and oxygen atoms in total. The normalized spacial score (nSPS) is 21.4. The predicted octanol–water partition coefficient (Wildman–Crippen LogP) is 0.820. The number of anilines is 1. The highest BCUT2D eigenvalue weighted by Gasteiger charge is 2.19. The van der Waals surface area contributed by atoms with Gasteiger partial charge in [0.05, 0.1) is 0 Å². The summed E-state index contributed by atoms with van der Waals surface area (Å²) in [6.45, 7) is 4.74. The molecule has 1 aromatic heterocycles. The van der Waals surface area contributed by atoms with Crippen LogP contribution in [0.3, 0.4) is 0 Å². The van der Waals surface area contributed by atoms with Crippen LogP contribution < -0.4 is 10.6 Å². The van der Waals surface area contributed by atoms with Gasteiger partial charge < -0.3 is 14.6 Å². The Morgan fingerprint density at radius 3 is 3.12 bits per heavy atom. The maximum atomic E-state index is 11.8. The number of rotatable bonds is 3. The van der Waals surface area contributed by atoms with Gasteiger partial charge in [-0.2, -0.15) is 0 Å². The molecule has 1 aromatic rings. The molecule has 0 radical (unpaired) electrons. The molecule has 1 fully saturated rings. The summed E-state index contributed by atoms with van der Waals surface area (Å²) in [5, 5.41) is 6.10. The molecule has 0 aromatic carbocycles. The van der Waals surface area contributed by atoms with Gasteiger partial charge >= 0.3 is 0 Å². The van der Waals surface area contributed by atoms with Crippen LogP contribution in [-0.2, 0) is 4.79 Å². The zero-order chi connectivity index (χ0) is 12.3. The SMILES string of the molecule is Cc1ccc(NC(=O)CC2CN(C)CCN2)o1. The van der Waals surface area contributed by atoms with Crippen LogP contribution in [0.2, 0.25) is 0 Å². The lowest BCUT2D eigenvalue weighted by atomic mass is 10.1. The van der Waals surface area contributed by atoms with Crippen molar-refractivity contribution in [3.8, 4) is 0 Å². The van der Waals surface area contributed by atoms with Gasteiger partial charge in [-0.25, -0.2) is 0 Å². The van der Waals surface area contributed by atoms with Gasteiger partial charge in [0.15, 0.2) is 5.88 Å². The van der Waals surface area contributed by atoms with Crippen LogP contribution in [0.4, 0.5) is 5.88 Å². The van der Waals surface area contributed by atoms with Crippen molar-refractivity contribution in [2.45, 2.75) is 19.4 Å². The van der Waals surface area contributed by atoms with Gasteiger partial charge in [-0.3, -0.25) is 10.1 Å². The number of nitrogens with zero attached hydrogens (tertiary/aromatic N) is 1. The molecule has 1 unspecified atom stereocenters. The van der Waals surface area contributed by atoms with Crippen LogP contribution in [0, 0.1) is 6.92 Å². The summed E-state index contributed by atoms with van der Waals surface area (Å²) in [6, 6.07) is 3.83. The van der Waals surface area contributed by atoms with E-state index in [1.165, 1.54) is 0 Å². The van der Waals surface area contributed by atoms with E-state index >= 15 is 0 Å². The first-order chi connectivity index (χ1) is 8.13. The topological polar surface area (TPSA) is 57.5 Å². The van der Waals surface area contributed by atoms with E-state index in [0.29, 0.717) is 12.3 Å². The zero-order valence-electron chi connectivity index (χ0n) is 10.3. The van der Waals surface area contributed by atoms with Crippen molar-refractivity contribution in [1.82, 2.24) is 10.2 Å². The fourth-order valence-corrected chi connectivity index (χ4v) is 2.04. The van der Waals surface area contributed by atoms with Gasteiger partial charge in [-0.05, 0) is 20.0 Å². The standard InChI is InChI=1S/C12H19N3O2/c1-9-3-4-12(17-9)14-11(16)7-10-8-15(2)6-5-13-10/h3-4,10,13H,5-8H2,1-2H3,(H,14,16). The smallest absolute Gasteiger partial charge is 0.228 e. The Hall–Kier alpha value is -1.33. The number of piperazine rings is 1. The van der Waals surface area contributed by atoms with Crippen LogP contribution in [0.1, 0.15) is 12.2 Å². The fraction of sp³-hybridized carbons (Fsp3) is 0.583. The van der Waals surface area contributed by atoms with Crippen molar-refractivity contribution >= 4 is 11.8 Å². The molecule has 1 saturated heterocycles. The molecular formula is C12H19N3O2. The number of hydrogen-bond acceptors (Lipinski definition) is 4. The number of carbonyl (C=O) groups excluding carboxylic acids is 1. The maximum absolute atomic E-state index is 11.8. The van der Waals surface area contributed by atoms with Crippen LogP contribution in [0.15, 0.2) is 16.5 Å². The van der Waals surface area contributed by atoms with Crippen molar-refractivity contribution in [2.75, 3.05) is 32.0 Å². The second kappa shape index (κ2) is 5.33. The summed E-state index contributed by atoms with van der Waals surface area (Å²) in [5.74, 6) is 1.32. The number of furan rings is 1. The second-order valence-corrected chi connectivity index (χ2v) is 4.58. The highest BCUT2D eigenvalue weighted by molar-refractivity contribution is 5.89. The van der Waals surface area contributed by atoms with E-state index in [2.05, 4.69) is 22.6 Å². The van der Waals surface area contributed by atoms with E-state index in [-0.39, 0.29) is 11.9 Å². The number of carbonyl (C=O) groups is 1. The summed E-state index contributed by atoms with van der Waals surface area (Å²) >= 11 is 0. The molecule has 0 spiro atoms. The monoisotopic (exact) mass is 237 g/mol. The largest absolute Gasteiger partial charge is 0.446 e. The molecule has 0 saturated carbocycles. The molecule has 5 heteroatoms. The summed E-state index contributed by atoms with van der Waals surface area (Å²) in [6.07, 6.45) is 0.476. The summed E-state index contributed by atoms with van der Waals surface area (Å²) in [4.78, 5) is 14.0. The Balaban J connectivity index is 1.80. The minimum atomic E-state index is -0.00727. The Bertz CT molecular complexity index is 389. The van der Waals surface area contributed by atoms with Gasteiger partial charge in [-0.1, -0.05) is 0 Å². The van der Waals surface area contributed by atoms with E-state index in [1.54, 1.807) is 6.07 Å². The van der Waals surface area contributed by atoms with Gasteiger partial charge in [0.1, 0.15) is 5.76 Å². The van der Waals surface area contributed by atoms with E-state index < -0.39 is 0 Å². The molecule has 1 aliphatic heterocycles. The molecule has 94 valence electrons. The van der Waals surface area contributed by atoms with E-state index in [1.807, 2.05) is 13.0 Å². The quantitative estimate of drug-likeness (QED) is 0.817. The van der Waals surface area contributed by atoms with Crippen LogP contribution in [0.5, 0.6) is 0 Å². The number of aryl methyl sites for hydroxylation is 1. The molecule has 17 heavy (non-hydrogen) atoms. The first-order valence-electron chi connectivity index (χ1n) is 5.92. The van der Waals surface area contributed by atoms with Gasteiger partial charge in [0.2, 0.25) is 5.91 Å². The van der Waals surface area contributed by atoms with Crippen LogP contribution in [-0.4, -0.2) is 43.5 Å². The van der Waals surface area contributed by atoms with Crippen molar-refractivity contribution in [2.24, 2.45) is 0 Å². The Morgan fingerprint density at radius 2 is 2.47 bits per heavy atom. The summed E-state index contributed by atoms with van der Waals surface area (Å²) in [5.41, 5.74) is 0. The second-order valence-electron chi connectivity index (χ2n) is 4.58. The minimum absolute atomic E-state index is 0.00727. The number of hydrogen-bond donors (Lipinski definition) is 2. The molecule has 2 heterocycles. The number of amides is 1. The Labute approximate surface area is 101 Å². The molecule has 0 aliphatic carbocycles. The highest BCUT2D eigenvalue weighted by atomic mass is 16.4. The number of nitrogens with one attached hydrogen (secondary N) is 2. The number of likely N-dealkylation sites (N-methyl/N-ethyl adjacent to an activating group) is 1. The third kappa shape index (κ3) is 3.57. The van der Waals surface area contributed by atoms with E-state index in [4.69, 9.17) is 4.42 Å². The molecule has 1 amide bonds. The van der Waals surface area contributed by atoms with Crippen LogP contribution >= 0.6 is 0 Å². The average Bonchev–Trinajstić information content (AvgIpc) is 2.63. The molecule has 2 rings (SSSR count). The van der Waals surface area contributed by atoms with Gasteiger partial charge in [0, 0.05) is 38.2 Å². The third-order valence-electron chi connectivity index (χ3n) is 2.89. The van der Waals surface area contributed by atoms with E-state index in [0.717, 1.165) is 25.4 Å². The lowest BCUT2D eigenvalue weighted by molar-refractivity contribution is -0.117. The van der Waals surface area contributed by atoms with Crippen molar-refractivity contribution < 1.29 is 9.21 Å². The lowest BCUT2D eigenvalue weighted by Crippen LogP contribution is -2.50. The first-order valence-corrected chi connectivity index (χ1v) is 5.92. The zero-order valence-corrected chi connectivity index (χ0v) is 10.3. The lowest BCUT2D eigenvalue weighted by Gasteiger charge is -2.30. The van der Waals surface area contributed by atoms with Crippen molar-refractivity contribution in [3.05, 3.63) is 17.9 Å². The summed E-state index contributed by atoms with van der Waals surface area (Å²) in [7, 11) is 2.07. The average molecular weight is 237 g/mol.